The van der Waals surface area contributed by atoms with Gasteiger partial charge in [0.1, 0.15) is 0 Å². The van der Waals surface area contributed by atoms with Crippen LogP contribution in [0.5, 0.6) is 0 Å². The van der Waals surface area contributed by atoms with E-state index >= 15 is 0 Å². The molecule has 0 aromatic carbocycles. The van der Waals surface area contributed by atoms with Gasteiger partial charge in [0, 0.05) is 6.04 Å². The summed E-state index contributed by atoms with van der Waals surface area (Å²) in [5.74, 6) is 1.82. The van der Waals surface area contributed by atoms with Gasteiger partial charge in [0.05, 0.1) is 0 Å². The van der Waals surface area contributed by atoms with Gasteiger partial charge in [-0.2, -0.15) is 0 Å². The van der Waals surface area contributed by atoms with Crippen LogP contribution in [0.4, 0.5) is 0 Å². The minimum Gasteiger partial charge on any atom is -0.314 e. The standard InChI is InChI=1S/C11H23N/c1-4-5-10(9(2)3)8-11-6-7-12-11/h9-12H,4-8H2,1-3H3. The van der Waals surface area contributed by atoms with Crippen LogP contribution in [0.25, 0.3) is 0 Å². The van der Waals surface area contributed by atoms with Crippen molar-refractivity contribution < 1.29 is 0 Å². The minimum absolute atomic E-state index is 0.851. The average molecular weight is 169 g/mol. The number of nitrogens with one attached hydrogen (secondary N) is 1. The molecular formula is C11H23N. The van der Waals surface area contributed by atoms with Gasteiger partial charge in [-0.3, -0.25) is 0 Å². The van der Waals surface area contributed by atoms with E-state index < -0.39 is 0 Å². The van der Waals surface area contributed by atoms with Crippen LogP contribution in [0, 0.1) is 11.8 Å². The molecule has 1 fully saturated rings. The lowest BCUT2D eigenvalue weighted by Crippen LogP contribution is -2.44. The SMILES string of the molecule is CCCC(CC1CCN1)C(C)C. The second-order valence-electron chi connectivity index (χ2n) is 4.47. The third-order valence-electron chi connectivity index (χ3n) is 3.12. The molecule has 12 heavy (non-hydrogen) atoms. The van der Waals surface area contributed by atoms with Gasteiger partial charge in [-0.15, -0.1) is 0 Å². The van der Waals surface area contributed by atoms with E-state index in [4.69, 9.17) is 0 Å². The van der Waals surface area contributed by atoms with Crippen LogP contribution < -0.4 is 5.32 Å². The van der Waals surface area contributed by atoms with Crippen LogP contribution in [-0.4, -0.2) is 12.6 Å². The molecule has 0 aliphatic carbocycles. The molecule has 0 amide bonds. The molecular weight excluding hydrogens is 146 g/mol. The normalized spacial score (nSPS) is 25.5. The Balaban J connectivity index is 2.21. The van der Waals surface area contributed by atoms with Crippen molar-refractivity contribution in [2.75, 3.05) is 6.54 Å². The monoisotopic (exact) mass is 169 g/mol. The van der Waals surface area contributed by atoms with E-state index in [1.54, 1.807) is 0 Å². The topological polar surface area (TPSA) is 12.0 Å². The molecule has 0 radical (unpaired) electrons. The molecule has 2 atom stereocenters. The second kappa shape index (κ2) is 4.86. The van der Waals surface area contributed by atoms with Crippen LogP contribution >= 0.6 is 0 Å². The van der Waals surface area contributed by atoms with Crippen LogP contribution in [0.2, 0.25) is 0 Å². The van der Waals surface area contributed by atoms with Crippen molar-refractivity contribution in [3.05, 3.63) is 0 Å². The van der Waals surface area contributed by atoms with Crippen molar-refractivity contribution in [3.8, 4) is 0 Å². The first-order valence-electron chi connectivity index (χ1n) is 5.47. The Bertz CT molecular complexity index is 116. The lowest BCUT2D eigenvalue weighted by Gasteiger charge is -2.32. The van der Waals surface area contributed by atoms with E-state index in [0.29, 0.717) is 0 Å². The second-order valence-corrected chi connectivity index (χ2v) is 4.47. The first-order valence-corrected chi connectivity index (χ1v) is 5.47. The molecule has 1 heterocycles. The van der Waals surface area contributed by atoms with Crippen molar-refractivity contribution in [1.82, 2.24) is 5.32 Å². The summed E-state index contributed by atoms with van der Waals surface area (Å²) in [4.78, 5) is 0. The van der Waals surface area contributed by atoms with Gasteiger partial charge in [-0.1, -0.05) is 33.6 Å². The lowest BCUT2D eigenvalue weighted by molar-refractivity contribution is 0.244. The van der Waals surface area contributed by atoms with Gasteiger partial charge in [0.2, 0.25) is 0 Å². The Morgan fingerprint density at radius 2 is 2.08 bits per heavy atom. The van der Waals surface area contributed by atoms with Crippen molar-refractivity contribution >= 4 is 0 Å². The van der Waals surface area contributed by atoms with E-state index in [1.165, 1.54) is 32.2 Å². The Hall–Kier alpha value is -0.0400. The molecule has 1 heteroatoms. The summed E-state index contributed by atoms with van der Waals surface area (Å²) < 4.78 is 0. The maximum Gasteiger partial charge on any atom is 0.00818 e. The largest absolute Gasteiger partial charge is 0.314 e. The van der Waals surface area contributed by atoms with Gasteiger partial charge in [0.25, 0.3) is 0 Å². The van der Waals surface area contributed by atoms with E-state index in [2.05, 4.69) is 26.1 Å². The third kappa shape index (κ3) is 2.78. The van der Waals surface area contributed by atoms with E-state index in [-0.39, 0.29) is 0 Å². The zero-order valence-corrected chi connectivity index (χ0v) is 8.77. The molecule has 0 saturated carbocycles. The lowest BCUT2D eigenvalue weighted by atomic mass is 9.83. The summed E-state index contributed by atoms with van der Waals surface area (Å²) in [7, 11) is 0. The predicted octanol–water partition coefficient (Wildman–Crippen LogP) is 2.81. The number of rotatable bonds is 5. The highest BCUT2D eigenvalue weighted by Gasteiger charge is 2.22. The molecule has 0 aromatic rings. The molecule has 0 spiro atoms. The highest BCUT2D eigenvalue weighted by atomic mass is 15.0. The average Bonchev–Trinajstić information content (AvgIpc) is 1.93. The summed E-state index contributed by atoms with van der Waals surface area (Å²) in [6.07, 6.45) is 5.57. The summed E-state index contributed by atoms with van der Waals surface area (Å²) in [5.41, 5.74) is 0. The zero-order valence-electron chi connectivity index (χ0n) is 8.77. The quantitative estimate of drug-likeness (QED) is 0.667. The summed E-state index contributed by atoms with van der Waals surface area (Å²) in [6.45, 7) is 8.27. The van der Waals surface area contributed by atoms with Crippen LogP contribution in [-0.2, 0) is 0 Å². The van der Waals surface area contributed by atoms with Gasteiger partial charge in [-0.25, -0.2) is 0 Å². The first kappa shape index (κ1) is 10.0. The number of hydrogen-bond donors (Lipinski definition) is 1. The minimum atomic E-state index is 0.851. The Morgan fingerprint density at radius 1 is 1.42 bits per heavy atom. The zero-order chi connectivity index (χ0) is 8.97. The summed E-state index contributed by atoms with van der Waals surface area (Å²) in [5, 5.41) is 3.49. The highest BCUT2D eigenvalue weighted by molar-refractivity contribution is 4.80. The van der Waals surface area contributed by atoms with E-state index in [0.717, 1.165) is 17.9 Å². The third-order valence-corrected chi connectivity index (χ3v) is 3.12. The molecule has 1 aliphatic heterocycles. The van der Waals surface area contributed by atoms with Gasteiger partial charge in [0.15, 0.2) is 0 Å². The van der Waals surface area contributed by atoms with Gasteiger partial charge in [-0.05, 0) is 31.2 Å². The number of hydrogen-bond acceptors (Lipinski definition) is 1. The van der Waals surface area contributed by atoms with Crippen LogP contribution in [0.15, 0.2) is 0 Å². The molecule has 1 N–H and O–H groups in total. The van der Waals surface area contributed by atoms with Gasteiger partial charge < -0.3 is 5.32 Å². The Kier molecular flexibility index (Phi) is 4.07. The molecule has 1 nitrogen and oxygen atoms in total. The van der Waals surface area contributed by atoms with Crippen LogP contribution in [0.1, 0.15) is 46.5 Å². The van der Waals surface area contributed by atoms with Crippen molar-refractivity contribution in [3.63, 3.8) is 0 Å². The maximum absolute atomic E-state index is 3.49. The first-order chi connectivity index (χ1) is 5.74. The Labute approximate surface area is 76.9 Å². The van der Waals surface area contributed by atoms with E-state index in [9.17, 15) is 0 Å². The fourth-order valence-corrected chi connectivity index (χ4v) is 2.01. The predicted molar refractivity (Wildman–Crippen MR) is 54.3 cm³/mol. The Morgan fingerprint density at radius 3 is 2.42 bits per heavy atom. The molecule has 0 bridgehead atoms. The summed E-state index contributed by atoms with van der Waals surface area (Å²) in [6, 6.07) is 0.851. The van der Waals surface area contributed by atoms with E-state index in [1.807, 2.05) is 0 Å². The molecule has 1 saturated heterocycles. The fraction of sp³-hybridized carbons (Fsp3) is 1.00. The van der Waals surface area contributed by atoms with Crippen molar-refractivity contribution in [2.24, 2.45) is 11.8 Å². The molecule has 0 aromatic heterocycles. The van der Waals surface area contributed by atoms with Crippen LogP contribution in [0.3, 0.4) is 0 Å². The molecule has 2 unspecified atom stereocenters. The fourth-order valence-electron chi connectivity index (χ4n) is 2.01. The smallest absolute Gasteiger partial charge is 0.00818 e. The molecule has 1 aliphatic rings. The molecule has 72 valence electrons. The molecule has 1 rings (SSSR count). The van der Waals surface area contributed by atoms with Gasteiger partial charge >= 0.3 is 0 Å². The highest BCUT2D eigenvalue weighted by Crippen LogP contribution is 2.25. The van der Waals surface area contributed by atoms with Crippen molar-refractivity contribution in [2.45, 2.75) is 52.5 Å². The maximum atomic E-state index is 3.49. The summed E-state index contributed by atoms with van der Waals surface area (Å²) >= 11 is 0. The van der Waals surface area contributed by atoms with Crippen molar-refractivity contribution in [1.29, 1.82) is 0 Å².